The van der Waals surface area contributed by atoms with Crippen LogP contribution in [0.4, 0.5) is 0 Å². The molecule has 0 spiro atoms. The van der Waals surface area contributed by atoms with Gasteiger partial charge in [0, 0.05) is 34.9 Å². The summed E-state index contributed by atoms with van der Waals surface area (Å²) >= 11 is 0. The Bertz CT molecular complexity index is 426. The Labute approximate surface area is 113 Å². The van der Waals surface area contributed by atoms with E-state index in [4.69, 9.17) is 0 Å². The van der Waals surface area contributed by atoms with E-state index >= 15 is 0 Å². The van der Waals surface area contributed by atoms with Crippen molar-refractivity contribution in [3.63, 3.8) is 0 Å². The molecule has 3 heteroatoms. The van der Waals surface area contributed by atoms with Crippen LogP contribution in [0.5, 0.6) is 0 Å². The van der Waals surface area contributed by atoms with Crippen LogP contribution >= 0.6 is 0 Å². The first-order valence-corrected chi connectivity index (χ1v) is 8.31. The van der Waals surface area contributed by atoms with E-state index in [1.165, 1.54) is 24.0 Å². The lowest BCUT2D eigenvalue weighted by molar-refractivity contribution is 0.292. The third-order valence-corrected chi connectivity index (χ3v) is 5.33. The van der Waals surface area contributed by atoms with Gasteiger partial charge in [0.05, 0.1) is 0 Å². The highest BCUT2D eigenvalue weighted by atomic mass is 32.2. The van der Waals surface area contributed by atoms with Gasteiger partial charge >= 0.3 is 0 Å². The van der Waals surface area contributed by atoms with Gasteiger partial charge in [0.1, 0.15) is 0 Å². The summed E-state index contributed by atoms with van der Waals surface area (Å²) < 4.78 is 11.3. The second-order valence-electron chi connectivity index (χ2n) is 5.44. The molecule has 1 aliphatic rings. The fourth-order valence-electron chi connectivity index (χ4n) is 2.53. The molecule has 0 amide bonds. The van der Waals surface area contributed by atoms with Gasteiger partial charge in [-0.3, -0.25) is 4.21 Å². The summed E-state index contributed by atoms with van der Waals surface area (Å²) in [6.45, 7) is 5.10. The average Bonchev–Trinajstić information content (AvgIpc) is 2.28. The number of hydrogen-bond acceptors (Lipinski definition) is 2. The third-order valence-electron chi connectivity index (χ3n) is 4.03. The molecule has 2 unspecified atom stereocenters. The molecule has 0 aromatic heterocycles. The molecule has 0 radical (unpaired) electrons. The standard InChI is InChI=1S/C15H23NOS/c1-11-6-4-5-7-15(11)13-8-14(9-13)16-10-12(2)18(3)17/h4-7,12-14,16H,8-10H2,1-3H3. The van der Waals surface area contributed by atoms with Crippen molar-refractivity contribution in [2.75, 3.05) is 12.8 Å². The number of nitrogens with one attached hydrogen (secondary N) is 1. The first kappa shape index (κ1) is 13.8. The minimum absolute atomic E-state index is 0.252. The number of hydrogen-bond donors (Lipinski definition) is 1. The zero-order valence-electron chi connectivity index (χ0n) is 11.5. The Morgan fingerprint density at radius 2 is 2.06 bits per heavy atom. The molecular formula is C15H23NOS. The van der Waals surface area contributed by atoms with Crippen LogP contribution in [0.15, 0.2) is 24.3 Å². The second-order valence-corrected chi connectivity index (χ2v) is 7.24. The highest BCUT2D eigenvalue weighted by Gasteiger charge is 2.30. The SMILES string of the molecule is Cc1ccccc1C1CC(NCC(C)S(C)=O)C1. The number of rotatable bonds is 5. The Kier molecular flexibility index (Phi) is 4.57. The minimum atomic E-state index is -0.716. The van der Waals surface area contributed by atoms with E-state index in [0.29, 0.717) is 12.0 Å². The van der Waals surface area contributed by atoms with Gasteiger partial charge in [-0.05, 0) is 43.7 Å². The van der Waals surface area contributed by atoms with Crippen molar-refractivity contribution >= 4 is 10.8 Å². The molecule has 2 atom stereocenters. The molecule has 1 saturated carbocycles. The predicted molar refractivity (Wildman–Crippen MR) is 78.5 cm³/mol. The minimum Gasteiger partial charge on any atom is -0.313 e. The van der Waals surface area contributed by atoms with Gasteiger partial charge < -0.3 is 5.32 Å². The van der Waals surface area contributed by atoms with Crippen LogP contribution in [-0.2, 0) is 10.8 Å². The van der Waals surface area contributed by atoms with Crippen LogP contribution in [-0.4, -0.2) is 28.3 Å². The van der Waals surface area contributed by atoms with Gasteiger partial charge in [-0.1, -0.05) is 24.3 Å². The maximum atomic E-state index is 11.3. The quantitative estimate of drug-likeness (QED) is 0.886. The molecule has 1 aromatic carbocycles. The van der Waals surface area contributed by atoms with E-state index in [2.05, 4.69) is 36.5 Å². The van der Waals surface area contributed by atoms with Crippen molar-refractivity contribution in [1.82, 2.24) is 5.32 Å². The van der Waals surface area contributed by atoms with Crippen LogP contribution in [0, 0.1) is 6.92 Å². The van der Waals surface area contributed by atoms with Crippen LogP contribution < -0.4 is 5.32 Å². The summed E-state index contributed by atoms with van der Waals surface area (Å²) in [5.74, 6) is 0.714. The van der Waals surface area contributed by atoms with Crippen molar-refractivity contribution in [1.29, 1.82) is 0 Å². The molecule has 1 aromatic rings. The van der Waals surface area contributed by atoms with Gasteiger partial charge in [0.2, 0.25) is 0 Å². The van der Waals surface area contributed by atoms with Gasteiger partial charge in [-0.2, -0.15) is 0 Å². The second kappa shape index (κ2) is 5.98. The smallest absolute Gasteiger partial charge is 0.0441 e. The van der Waals surface area contributed by atoms with Gasteiger partial charge in [0.15, 0.2) is 0 Å². The summed E-state index contributed by atoms with van der Waals surface area (Å²) in [6, 6.07) is 9.29. The fourth-order valence-corrected chi connectivity index (χ4v) is 2.86. The molecule has 18 heavy (non-hydrogen) atoms. The Hall–Kier alpha value is -0.670. The van der Waals surface area contributed by atoms with Crippen LogP contribution in [0.1, 0.15) is 36.8 Å². The van der Waals surface area contributed by atoms with Crippen molar-refractivity contribution in [2.24, 2.45) is 0 Å². The zero-order chi connectivity index (χ0) is 13.1. The largest absolute Gasteiger partial charge is 0.313 e. The lowest BCUT2D eigenvalue weighted by Crippen LogP contribution is -2.43. The van der Waals surface area contributed by atoms with E-state index in [1.54, 1.807) is 6.26 Å². The van der Waals surface area contributed by atoms with Crippen LogP contribution in [0.3, 0.4) is 0 Å². The van der Waals surface area contributed by atoms with Crippen molar-refractivity contribution in [3.05, 3.63) is 35.4 Å². The predicted octanol–water partition coefficient (Wildman–Crippen LogP) is 2.60. The summed E-state index contributed by atoms with van der Waals surface area (Å²) in [4.78, 5) is 0. The molecular weight excluding hydrogens is 242 g/mol. The fraction of sp³-hybridized carbons (Fsp3) is 0.600. The summed E-state index contributed by atoms with van der Waals surface area (Å²) in [5, 5.41) is 3.78. The molecule has 1 aliphatic carbocycles. The van der Waals surface area contributed by atoms with Gasteiger partial charge in [0.25, 0.3) is 0 Å². The topological polar surface area (TPSA) is 29.1 Å². The molecule has 2 nitrogen and oxygen atoms in total. The van der Waals surface area contributed by atoms with Crippen molar-refractivity contribution in [3.8, 4) is 0 Å². The molecule has 0 bridgehead atoms. The molecule has 2 rings (SSSR count). The maximum Gasteiger partial charge on any atom is 0.0441 e. The monoisotopic (exact) mass is 265 g/mol. The van der Waals surface area contributed by atoms with Gasteiger partial charge in [-0.25, -0.2) is 0 Å². The maximum absolute atomic E-state index is 11.3. The third kappa shape index (κ3) is 3.21. The van der Waals surface area contributed by atoms with E-state index in [1.807, 2.05) is 6.92 Å². The first-order chi connectivity index (χ1) is 8.58. The molecule has 0 heterocycles. The van der Waals surface area contributed by atoms with Gasteiger partial charge in [-0.15, -0.1) is 0 Å². The Morgan fingerprint density at radius 1 is 1.39 bits per heavy atom. The van der Waals surface area contributed by atoms with E-state index < -0.39 is 10.8 Å². The zero-order valence-corrected chi connectivity index (χ0v) is 12.3. The number of benzene rings is 1. The van der Waals surface area contributed by atoms with Crippen molar-refractivity contribution in [2.45, 2.75) is 43.9 Å². The summed E-state index contributed by atoms with van der Waals surface area (Å²) in [6.07, 6.45) is 4.21. The molecule has 1 fully saturated rings. The van der Waals surface area contributed by atoms with Crippen LogP contribution in [0.2, 0.25) is 0 Å². The molecule has 0 saturated heterocycles. The molecule has 100 valence electrons. The van der Waals surface area contributed by atoms with E-state index in [0.717, 1.165) is 6.54 Å². The van der Waals surface area contributed by atoms with E-state index in [9.17, 15) is 4.21 Å². The number of aryl methyl sites for hydroxylation is 1. The highest BCUT2D eigenvalue weighted by molar-refractivity contribution is 7.84. The average molecular weight is 265 g/mol. The van der Waals surface area contributed by atoms with Crippen LogP contribution in [0.25, 0.3) is 0 Å². The van der Waals surface area contributed by atoms with E-state index in [-0.39, 0.29) is 5.25 Å². The lowest BCUT2D eigenvalue weighted by Gasteiger charge is -2.37. The first-order valence-electron chi connectivity index (χ1n) is 6.69. The Balaban J connectivity index is 1.78. The lowest BCUT2D eigenvalue weighted by atomic mass is 9.74. The Morgan fingerprint density at radius 3 is 2.67 bits per heavy atom. The van der Waals surface area contributed by atoms with Crippen molar-refractivity contribution < 1.29 is 4.21 Å². The highest BCUT2D eigenvalue weighted by Crippen LogP contribution is 2.38. The molecule has 0 aliphatic heterocycles. The molecule has 1 N–H and O–H groups in total. The summed E-state index contributed by atoms with van der Waals surface area (Å²) in [7, 11) is -0.716. The summed E-state index contributed by atoms with van der Waals surface area (Å²) in [5.41, 5.74) is 2.91. The normalized spacial score (nSPS) is 26.4.